The van der Waals surface area contributed by atoms with Gasteiger partial charge in [0.05, 0.1) is 0 Å². The van der Waals surface area contributed by atoms with Crippen molar-refractivity contribution in [1.82, 2.24) is 4.90 Å². The van der Waals surface area contributed by atoms with Crippen LogP contribution in [0.3, 0.4) is 0 Å². The van der Waals surface area contributed by atoms with Crippen LogP contribution in [0.15, 0.2) is 24.3 Å². The van der Waals surface area contributed by atoms with E-state index in [1.54, 1.807) is 11.1 Å². The van der Waals surface area contributed by atoms with E-state index in [9.17, 15) is 0 Å². The zero-order chi connectivity index (χ0) is 13.0. The molecular formula is C18H25N. The smallest absolute Gasteiger partial charge is 0.0132 e. The second kappa shape index (κ2) is 4.09. The summed E-state index contributed by atoms with van der Waals surface area (Å²) in [5.74, 6) is 1.83. The van der Waals surface area contributed by atoms with Gasteiger partial charge in [0.2, 0.25) is 0 Å². The van der Waals surface area contributed by atoms with Gasteiger partial charge >= 0.3 is 0 Å². The second-order valence-corrected chi connectivity index (χ2v) is 7.29. The number of likely N-dealkylation sites (tertiary alicyclic amines) is 1. The first-order valence-corrected chi connectivity index (χ1v) is 7.99. The minimum atomic E-state index is 0.442. The first-order chi connectivity index (χ1) is 9.20. The number of benzene rings is 1. The fourth-order valence-corrected chi connectivity index (χ4v) is 5.52. The van der Waals surface area contributed by atoms with Crippen LogP contribution in [-0.2, 0) is 11.8 Å². The zero-order valence-corrected chi connectivity index (χ0v) is 12.2. The maximum absolute atomic E-state index is 2.66. The third kappa shape index (κ3) is 1.57. The van der Waals surface area contributed by atoms with Crippen molar-refractivity contribution in [2.75, 3.05) is 13.6 Å². The SMILES string of the molecule is CN1CC[C@]2(C)c3ccccc3CC3CCCC1[C@H]32. The predicted molar refractivity (Wildman–Crippen MR) is 79.4 cm³/mol. The lowest BCUT2D eigenvalue weighted by Crippen LogP contribution is -2.59. The molecule has 2 fully saturated rings. The van der Waals surface area contributed by atoms with E-state index in [1.165, 1.54) is 38.6 Å². The van der Waals surface area contributed by atoms with Crippen LogP contribution in [-0.4, -0.2) is 24.5 Å². The first kappa shape index (κ1) is 12.0. The molecule has 1 aromatic carbocycles. The van der Waals surface area contributed by atoms with Gasteiger partial charge in [-0.3, -0.25) is 0 Å². The van der Waals surface area contributed by atoms with Crippen LogP contribution in [0.2, 0.25) is 0 Å². The Balaban J connectivity index is 1.86. The van der Waals surface area contributed by atoms with Crippen LogP contribution in [0.25, 0.3) is 0 Å². The molecular weight excluding hydrogens is 230 g/mol. The summed E-state index contributed by atoms with van der Waals surface area (Å²) < 4.78 is 0. The van der Waals surface area contributed by atoms with Gasteiger partial charge in [0.1, 0.15) is 0 Å². The molecule has 1 nitrogen and oxygen atoms in total. The van der Waals surface area contributed by atoms with Gasteiger partial charge < -0.3 is 4.90 Å². The van der Waals surface area contributed by atoms with E-state index >= 15 is 0 Å². The molecule has 2 unspecified atom stereocenters. The highest BCUT2D eigenvalue weighted by Crippen LogP contribution is 2.54. The Hall–Kier alpha value is -0.820. The Morgan fingerprint density at radius 3 is 2.95 bits per heavy atom. The summed E-state index contributed by atoms with van der Waals surface area (Å²) in [5, 5.41) is 0. The van der Waals surface area contributed by atoms with Gasteiger partial charge in [-0.05, 0) is 67.7 Å². The summed E-state index contributed by atoms with van der Waals surface area (Å²) in [7, 11) is 2.35. The molecule has 1 aliphatic heterocycles. The Labute approximate surface area is 117 Å². The fraction of sp³-hybridized carbons (Fsp3) is 0.667. The highest BCUT2D eigenvalue weighted by atomic mass is 15.1. The Morgan fingerprint density at radius 2 is 2.05 bits per heavy atom. The lowest BCUT2D eigenvalue weighted by atomic mass is 9.52. The standard InChI is InChI=1S/C18H25N/c1-18-10-11-19(2)16-9-5-7-14(17(16)18)12-13-6-3-4-8-15(13)18/h3-4,6,8,14,16-17H,5,7,9-12H2,1-2H3/t14?,16?,17-,18+/m0/s1. The summed E-state index contributed by atoms with van der Waals surface area (Å²) in [6.45, 7) is 3.84. The molecule has 1 heteroatoms. The lowest BCUT2D eigenvalue weighted by molar-refractivity contribution is -0.0220. The molecule has 0 N–H and O–H groups in total. The van der Waals surface area contributed by atoms with Crippen molar-refractivity contribution in [1.29, 1.82) is 0 Å². The van der Waals surface area contributed by atoms with Gasteiger partial charge in [0, 0.05) is 6.04 Å². The van der Waals surface area contributed by atoms with Crippen molar-refractivity contribution >= 4 is 0 Å². The molecule has 1 saturated heterocycles. The molecule has 1 heterocycles. The molecule has 0 amide bonds. The Morgan fingerprint density at radius 1 is 1.21 bits per heavy atom. The normalized spacial score (nSPS) is 41.5. The number of rotatable bonds is 0. The number of hydrogen-bond acceptors (Lipinski definition) is 1. The van der Waals surface area contributed by atoms with Gasteiger partial charge in [-0.1, -0.05) is 37.6 Å². The third-order valence-electron chi connectivity index (χ3n) is 6.40. The molecule has 4 atom stereocenters. The van der Waals surface area contributed by atoms with Crippen LogP contribution in [0.5, 0.6) is 0 Å². The number of hydrogen-bond donors (Lipinski definition) is 0. The summed E-state index contributed by atoms with van der Waals surface area (Å²) >= 11 is 0. The highest BCUT2D eigenvalue weighted by Gasteiger charge is 2.52. The first-order valence-electron chi connectivity index (χ1n) is 7.99. The summed E-state index contributed by atoms with van der Waals surface area (Å²) in [4.78, 5) is 2.66. The van der Waals surface area contributed by atoms with Crippen LogP contribution >= 0.6 is 0 Å². The van der Waals surface area contributed by atoms with Crippen molar-refractivity contribution in [3.8, 4) is 0 Å². The van der Waals surface area contributed by atoms with Crippen molar-refractivity contribution in [2.45, 2.75) is 50.5 Å². The molecule has 0 aromatic heterocycles. The van der Waals surface area contributed by atoms with E-state index in [0.717, 1.165) is 17.9 Å². The van der Waals surface area contributed by atoms with Crippen LogP contribution in [0.1, 0.15) is 43.7 Å². The molecule has 2 aliphatic carbocycles. The van der Waals surface area contributed by atoms with Gasteiger partial charge in [-0.2, -0.15) is 0 Å². The predicted octanol–water partition coefficient (Wildman–Crippen LogP) is 3.62. The maximum Gasteiger partial charge on any atom is 0.0132 e. The average molecular weight is 255 g/mol. The Kier molecular flexibility index (Phi) is 2.57. The van der Waals surface area contributed by atoms with E-state index in [2.05, 4.69) is 43.1 Å². The third-order valence-corrected chi connectivity index (χ3v) is 6.40. The van der Waals surface area contributed by atoms with E-state index < -0.39 is 0 Å². The van der Waals surface area contributed by atoms with Gasteiger partial charge in [0.15, 0.2) is 0 Å². The molecule has 3 aliphatic rings. The van der Waals surface area contributed by atoms with Crippen LogP contribution in [0, 0.1) is 11.8 Å². The maximum atomic E-state index is 2.66. The number of fused-ring (bicyclic) bond motifs is 2. The van der Waals surface area contributed by atoms with Crippen molar-refractivity contribution in [3.63, 3.8) is 0 Å². The van der Waals surface area contributed by atoms with Crippen LogP contribution in [0.4, 0.5) is 0 Å². The highest BCUT2D eigenvalue weighted by molar-refractivity contribution is 5.39. The molecule has 4 rings (SSSR count). The minimum Gasteiger partial charge on any atom is -0.303 e. The summed E-state index contributed by atoms with van der Waals surface area (Å²) in [6, 6.07) is 10.1. The molecule has 102 valence electrons. The van der Waals surface area contributed by atoms with Gasteiger partial charge in [0.25, 0.3) is 0 Å². The topological polar surface area (TPSA) is 3.24 Å². The van der Waals surface area contributed by atoms with Crippen molar-refractivity contribution in [3.05, 3.63) is 35.4 Å². The monoisotopic (exact) mass is 255 g/mol. The van der Waals surface area contributed by atoms with Crippen molar-refractivity contribution < 1.29 is 0 Å². The van der Waals surface area contributed by atoms with Gasteiger partial charge in [-0.25, -0.2) is 0 Å². The zero-order valence-electron chi connectivity index (χ0n) is 12.2. The average Bonchev–Trinajstić information content (AvgIpc) is 2.44. The molecule has 0 bridgehead atoms. The number of piperidine rings is 1. The van der Waals surface area contributed by atoms with E-state index in [1.807, 2.05) is 0 Å². The molecule has 19 heavy (non-hydrogen) atoms. The van der Waals surface area contributed by atoms with E-state index in [0.29, 0.717) is 5.41 Å². The minimum absolute atomic E-state index is 0.442. The van der Waals surface area contributed by atoms with E-state index in [4.69, 9.17) is 0 Å². The number of nitrogens with zero attached hydrogens (tertiary/aromatic N) is 1. The molecule has 0 spiro atoms. The van der Waals surface area contributed by atoms with Gasteiger partial charge in [-0.15, -0.1) is 0 Å². The summed E-state index contributed by atoms with van der Waals surface area (Å²) in [6.07, 6.45) is 7.00. The lowest BCUT2D eigenvalue weighted by Gasteiger charge is -2.58. The molecule has 0 radical (unpaired) electrons. The molecule has 1 aromatic rings. The fourth-order valence-electron chi connectivity index (χ4n) is 5.52. The largest absolute Gasteiger partial charge is 0.303 e. The second-order valence-electron chi connectivity index (χ2n) is 7.29. The quantitative estimate of drug-likeness (QED) is 0.684. The Bertz CT molecular complexity index is 494. The summed E-state index contributed by atoms with van der Waals surface area (Å²) in [5.41, 5.74) is 3.77. The molecule has 1 saturated carbocycles. The van der Waals surface area contributed by atoms with E-state index in [-0.39, 0.29) is 0 Å². The van der Waals surface area contributed by atoms with Crippen LogP contribution < -0.4 is 0 Å². The van der Waals surface area contributed by atoms with Crippen molar-refractivity contribution in [2.24, 2.45) is 11.8 Å².